The lowest BCUT2D eigenvalue weighted by atomic mass is 10.2. The molecule has 0 aliphatic carbocycles. The van der Waals surface area contributed by atoms with Gasteiger partial charge in [-0.25, -0.2) is 17.5 Å². The van der Waals surface area contributed by atoms with Gasteiger partial charge < -0.3 is 5.73 Å². The van der Waals surface area contributed by atoms with E-state index in [1.165, 1.54) is 0 Å². The molecule has 0 spiro atoms. The third-order valence-electron chi connectivity index (χ3n) is 2.59. The van der Waals surface area contributed by atoms with Crippen molar-refractivity contribution in [2.45, 2.75) is 17.9 Å². The zero-order valence-corrected chi connectivity index (χ0v) is 12.4. The number of hydrogen-bond donors (Lipinski definition) is 3. The van der Waals surface area contributed by atoms with E-state index in [9.17, 15) is 12.8 Å². The Morgan fingerprint density at radius 2 is 2.24 bits per heavy atom. The number of rotatable bonds is 5. The number of nitrogens with zero attached hydrogens (tertiary/aromatic N) is 3. The van der Waals surface area contributed by atoms with Gasteiger partial charge in [0.15, 0.2) is 5.82 Å². The minimum atomic E-state index is -3.91. The Labute approximate surface area is 125 Å². The molecule has 0 amide bonds. The molecule has 0 bridgehead atoms. The number of benzene rings is 1. The average Bonchev–Trinajstić information content (AvgIpc) is 2.92. The summed E-state index contributed by atoms with van der Waals surface area (Å²) in [6.07, 6.45) is 0. The summed E-state index contributed by atoms with van der Waals surface area (Å²) in [6.45, 7) is 1.54. The number of halogens is 1. The van der Waals surface area contributed by atoms with Crippen molar-refractivity contribution in [2.75, 3.05) is 0 Å². The van der Waals surface area contributed by atoms with E-state index in [1.807, 2.05) is 0 Å². The number of H-pyrrole nitrogens is 1. The number of sulfonamides is 1. The number of thiocarbonyl (C=S) groups is 1. The summed E-state index contributed by atoms with van der Waals surface area (Å²) >= 11 is 4.68. The van der Waals surface area contributed by atoms with E-state index < -0.39 is 21.9 Å². The topological polar surface area (TPSA) is 127 Å². The first-order valence-corrected chi connectivity index (χ1v) is 7.55. The highest BCUT2D eigenvalue weighted by molar-refractivity contribution is 7.89. The fourth-order valence-electron chi connectivity index (χ4n) is 1.57. The summed E-state index contributed by atoms with van der Waals surface area (Å²) in [7, 11) is -3.91. The molecule has 0 saturated carbocycles. The number of nitrogens with two attached hydrogens (primary N) is 1. The van der Waals surface area contributed by atoms with Crippen molar-refractivity contribution in [1.29, 1.82) is 0 Å². The van der Waals surface area contributed by atoms with Crippen molar-refractivity contribution in [2.24, 2.45) is 5.73 Å². The summed E-state index contributed by atoms with van der Waals surface area (Å²) in [5.41, 5.74) is 5.21. The monoisotopic (exact) mass is 330 g/mol. The highest BCUT2D eigenvalue weighted by Crippen LogP contribution is 2.17. The maximum atomic E-state index is 13.5. The van der Waals surface area contributed by atoms with Crippen molar-refractivity contribution >= 4 is 27.2 Å². The Hall–Kier alpha value is -1.98. The minimum Gasteiger partial charge on any atom is -0.389 e. The molecule has 21 heavy (non-hydrogen) atoms. The summed E-state index contributed by atoms with van der Waals surface area (Å²) in [5.74, 6) is -0.511. The molecule has 0 aliphatic rings. The van der Waals surface area contributed by atoms with Crippen molar-refractivity contribution in [3.05, 3.63) is 35.4 Å². The number of aromatic amines is 1. The smallest absolute Gasteiger partial charge is 0.241 e. The third-order valence-corrected chi connectivity index (χ3v) is 4.35. The fraction of sp³-hybridized carbons (Fsp3) is 0.200. The zero-order valence-electron chi connectivity index (χ0n) is 10.7. The molecule has 2 rings (SSSR count). The molecule has 1 unspecified atom stereocenters. The van der Waals surface area contributed by atoms with Gasteiger partial charge in [0.2, 0.25) is 10.0 Å². The van der Waals surface area contributed by atoms with Gasteiger partial charge in [0.05, 0.1) is 10.9 Å². The fourth-order valence-corrected chi connectivity index (χ4v) is 2.95. The SMILES string of the molecule is CC(NS(=O)(=O)c1ccc(F)c(C(N)=S)c1)c1nn[nH]n1. The van der Waals surface area contributed by atoms with Crippen molar-refractivity contribution < 1.29 is 12.8 Å². The van der Waals surface area contributed by atoms with Crippen LogP contribution in [0.1, 0.15) is 24.4 Å². The van der Waals surface area contributed by atoms with Crippen LogP contribution in [0.4, 0.5) is 4.39 Å². The van der Waals surface area contributed by atoms with Crippen LogP contribution in [0.15, 0.2) is 23.1 Å². The van der Waals surface area contributed by atoms with Crippen molar-refractivity contribution in [3.63, 3.8) is 0 Å². The predicted molar refractivity (Wildman–Crippen MR) is 75.2 cm³/mol. The zero-order chi connectivity index (χ0) is 15.6. The lowest BCUT2D eigenvalue weighted by molar-refractivity contribution is 0.559. The molecule has 11 heteroatoms. The van der Waals surface area contributed by atoms with Gasteiger partial charge in [0.1, 0.15) is 10.8 Å². The largest absolute Gasteiger partial charge is 0.389 e. The van der Waals surface area contributed by atoms with Gasteiger partial charge in [-0.05, 0) is 25.1 Å². The molecule has 0 radical (unpaired) electrons. The molecule has 1 aromatic heterocycles. The van der Waals surface area contributed by atoms with Gasteiger partial charge >= 0.3 is 0 Å². The van der Waals surface area contributed by atoms with Crippen LogP contribution in [-0.4, -0.2) is 34.0 Å². The van der Waals surface area contributed by atoms with Gasteiger partial charge in [-0.1, -0.05) is 17.4 Å². The summed E-state index contributed by atoms with van der Waals surface area (Å²) in [5, 5.41) is 12.9. The molecule has 0 fully saturated rings. The lowest BCUT2D eigenvalue weighted by Gasteiger charge is -2.12. The second kappa shape index (κ2) is 5.79. The average molecular weight is 330 g/mol. The number of aromatic nitrogens is 4. The van der Waals surface area contributed by atoms with E-state index in [1.54, 1.807) is 6.92 Å². The summed E-state index contributed by atoms with van der Waals surface area (Å²) in [6, 6.07) is 2.46. The predicted octanol–water partition coefficient (Wildman–Crippen LogP) is 0.0125. The Morgan fingerprint density at radius 1 is 1.52 bits per heavy atom. The van der Waals surface area contributed by atoms with E-state index in [2.05, 4.69) is 37.6 Å². The molecule has 0 aliphatic heterocycles. The van der Waals surface area contributed by atoms with E-state index >= 15 is 0 Å². The quantitative estimate of drug-likeness (QED) is 0.659. The Bertz CT molecular complexity index is 762. The molecule has 2 aromatic rings. The van der Waals surface area contributed by atoms with E-state index in [4.69, 9.17) is 5.73 Å². The van der Waals surface area contributed by atoms with Gasteiger partial charge in [-0.15, -0.1) is 10.2 Å². The maximum Gasteiger partial charge on any atom is 0.241 e. The maximum absolute atomic E-state index is 13.5. The minimum absolute atomic E-state index is 0.139. The second-order valence-electron chi connectivity index (χ2n) is 4.12. The third kappa shape index (κ3) is 3.37. The molecular weight excluding hydrogens is 319 g/mol. The first kappa shape index (κ1) is 15.4. The van der Waals surface area contributed by atoms with Crippen LogP contribution in [0, 0.1) is 5.82 Å². The van der Waals surface area contributed by atoms with Crippen LogP contribution >= 0.6 is 12.2 Å². The highest BCUT2D eigenvalue weighted by Gasteiger charge is 2.22. The Morgan fingerprint density at radius 3 is 2.81 bits per heavy atom. The molecular formula is C10H11FN6O2S2. The molecule has 1 heterocycles. The highest BCUT2D eigenvalue weighted by atomic mass is 32.2. The van der Waals surface area contributed by atoms with Crippen LogP contribution in [0.25, 0.3) is 0 Å². The first-order chi connectivity index (χ1) is 9.81. The lowest BCUT2D eigenvalue weighted by Crippen LogP contribution is -2.28. The first-order valence-electron chi connectivity index (χ1n) is 5.66. The van der Waals surface area contributed by atoms with Gasteiger partial charge in [-0.2, -0.15) is 5.21 Å². The summed E-state index contributed by atoms with van der Waals surface area (Å²) in [4.78, 5) is -0.391. The van der Waals surface area contributed by atoms with Gasteiger partial charge in [-0.3, -0.25) is 0 Å². The van der Waals surface area contributed by atoms with Crippen LogP contribution in [0.3, 0.4) is 0 Å². The Kier molecular flexibility index (Phi) is 4.25. The molecule has 112 valence electrons. The molecule has 1 aromatic carbocycles. The van der Waals surface area contributed by atoms with Crippen molar-refractivity contribution in [3.8, 4) is 0 Å². The molecule has 0 saturated heterocycles. The normalized spacial score (nSPS) is 13.0. The summed E-state index contributed by atoms with van der Waals surface area (Å²) < 4.78 is 40.3. The molecule has 8 nitrogen and oxygen atoms in total. The van der Waals surface area contributed by atoms with E-state index in [-0.39, 0.29) is 21.3 Å². The van der Waals surface area contributed by atoms with Crippen LogP contribution in [0.2, 0.25) is 0 Å². The van der Waals surface area contributed by atoms with Crippen LogP contribution in [0.5, 0.6) is 0 Å². The second-order valence-corrected chi connectivity index (χ2v) is 6.27. The molecule has 1 atom stereocenters. The van der Waals surface area contributed by atoms with Gasteiger partial charge in [0, 0.05) is 5.56 Å². The van der Waals surface area contributed by atoms with E-state index in [0.29, 0.717) is 0 Å². The van der Waals surface area contributed by atoms with Gasteiger partial charge in [0.25, 0.3) is 0 Å². The number of nitrogens with one attached hydrogen (secondary N) is 2. The van der Waals surface area contributed by atoms with Crippen molar-refractivity contribution in [1.82, 2.24) is 25.3 Å². The van der Waals surface area contributed by atoms with Crippen LogP contribution < -0.4 is 10.5 Å². The number of tetrazole rings is 1. The Balaban J connectivity index is 2.32. The standard InChI is InChI=1S/C10H11FN6O2S2/c1-5(10-13-16-17-14-10)15-21(18,19)6-2-3-8(11)7(4-6)9(12)20/h2-5,15H,1H3,(H2,12,20)(H,13,14,16,17). The van der Waals surface area contributed by atoms with Crippen LogP contribution in [-0.2, 0) is 10.0 Å². The van der Waals surface area contributed by atoms with E-state index in [0.717, 1.165) is 18.2 Å². The number of hydrogen-bond acceptors (Lipinski definition) is 6. The molecule has 4 N–H and O–H groups in total.